The van der Waals surface area contributed by atoms with Crippen LogP contribution in [0.25, 0.3) is 0 Å². The van der Waals surface area contributed by atoms with Gasteiger partial charge in [0, 0.05) is 28.3 Å². The minimum atomic E-state index is -0.247. The molecule has 1 aromatic carbocycles. The molecule has 1 aliphatic carbocycles. The fourth-order valence-corrected chi connectivity index (χ4v) is 5.82. The van der Waals surface area contributed by atoms with E-state index in [-0.39, 0.29) is 17.1 Å². The zero-order valence-corrected chi connectivity index (χ0v) is 17.6. The number of hydrogen-bond acceptors (Lipinski definition) is 5. The van der Waals surface area contributed by atoms with Crippen molar-refractivity contribution in [2.24, 2.45) is 5.41 Å². The van der Waals surface area contributed by atoms with E-state index < -0.39 is 0 Å². The van der Waals surface area contributed by atoms with E-state index in [1.807, 2.05) is 35.7 Å². The number of Topliss-reactive ketones (excluding diaryl/α,β-unsaturated/α-hetero) is 1. The minimum Gasteiger partial charge on any atom is -0.352 e. The summed E-state index contributed by atoms with van der Waals surface area (Å²) >= 11 is 3.26. The maximum absolute atomic E-state index is 13.1. The first kappa shape index (κ1) is 19.0. The van der Waals surface area contributed by atoms with Crippen molar-refractivity contribution in [1.82, 2.24) is 5.32 Å². The third-order valence-electron chi connectivity index (χ3n) is 5.18. The van der Waals surface area contributed by atoms with Crippen LogP contribution in [0.3, 0.4) is 0 Å². The van der Waals surface area contributed by atoms with Gasteiger partial charge in [-0.25, -0.2) is 0 Å². The van der Waals surface area contributed by atoms with Gasteiger partial charge in [0.2, 0.25) is 0 Å². The molecule has 1 aliphatic heterocycles. The van der Waals surface area contributed by atoms with Crippen LogP contribution >= 0.6 is 23.1 Å². The number of benzene rings is 1. The highest BCUT2D eigenvalue weighted by molar-refractivity contribution is 8.02. The third kappa shape index (κ3) is 3.67. The van der Waals surface area contributed by atoms with E-state index in [4.69, 9.17) is 0 Å². The van der Waals surface area contributed by atoms with Crippen molar-refractivity contribution in [3.63, 3.8) is 0 Å². The first-order valence-electron chi connectivity index (χ1n) is 9.36. The van der Waals surface area contributed by atoms with Crippen LogP contribution in [0.4, 0.5) is 0 Å². The molecule has 0 saturated heterocycles. The van der Waals surface area contributed by atoms with E-state index in [2.05, 4.69) is 37.4 Å². The molecule has 0 fully saturated rings. The fraction of sp³-hybridized carbons (Fsp3) is 0.304. The molecule has 28 heavy (non-hydrogen) atoms. The van der Waals surface area contributed by atoms with Gasteiger partial charge in [0.05, 0.1) is 22.6 Å². The normalized spacial score (nSPS) is 21.2. The summed E-state index contributed by atoms with van der Waals surface area (Å²) < 4.78 is 0. The number of ketones is 1. The summed E-state index contributed by atoms with van der Waals surface area (Å²) in [5.41, 5.74) is 3.60. The Labute approximate surface area is 174 Å². The third-order valence-corrected chi connectivity index (χ3v) is 7.21. The lowest BCUT2D eigenvalue weighted by Crippen LogP contribution is -2.36. The standard InChI is InChI=1S/C23H22N2OS2/c1-23(2)11-17-21(18(26)12-23)20(19-9-6-10-27-19)16(13-24)22(25-17)28-14-15-7-4-3-5-8-15/h3-10,20,25H,11-12,14H2,1-2H3. The largest absolute Gasteiger partial charge is 0.352 e. The highest BCUT2D eigenvalue weighted by Crippen LogP contribution is 2.48. The second-order valence-electron chi connectivity index (χ2n) is 8.04. The quantitative estimate of drug-likeness (QED) is 0.703. The Morgan fingerprint density at radius 1 is 1.21 bits per heavy atom. The predicted octanol–water partition coefficient (Wildman–Crippen LogP) is 5.75. The van der Waals surface area contributed by atoms with Gasteiger partial charge in [-0.2, -0.15) is 5.26 Å². The summed E-state index contributed by atoms with van der Waals surface area (Å²) in [4.78, 5) is 14.1. The van der Waals surface area contributed by atoms with E-state index >= 15 is 0 Å². The van der Waals surface area contributed by atoms with Gasteiger partial charge in [0.15, 0.2) is 5.78 Å². The SMILES string of the molecule is CC1(C)CC(=O)C2=C(C1)NC(SCc1ccccc1)=C(C#N)C2c1cccs1. The summed E-state index contributed by atoms with van der Waals surface area (Å²) in [6.07, 6.45) is 1.35. The van der Waals surface area contributed by atoms with Gasteiger partial charge in [-0.3, -0.25) is 4.79 Å². The smallest absolute Gasteiger partial charge is 0.162 e. The molecular formula is C23H22N2OS2. The van der Waals surface area contributed by atoms with Crippen molar-refractivity contribution in [1.29, 1.82) is 5.26 Å². The van der Waals surface area contributed by atoms with Gasteiger partial charge >= 0.3 is 0 Å². The molecule has 3 nitrogen and oxygen atoms in total. The number of nitriles is 1. The van der Waals surface area contributed by atoms with Gasteiger partial charge < -0.3 is 5.32 Å². The van der Waals surface area contributed by atoms with Crippen molar-refractivity contribution < 1.29 is 4.79 Å². The number of rotatable bonds is 4. The Balaban J connectivity index is 1.74. The van der Waals surface area contributed by atoms with Crippen LogP contribution in [-0.4, -0.2) is 5.78 Å². The molecule has 0 saturated carbocycles. The molecule has 1 N–H and O–H groups in total. The van der Waals surface area contributed by atoms with E-state index in [9.17, 15) is 10.1 Å². The molecule has 0 bridgehead atoms. The average molecular weight is 407 g/mol. The topological polar surface area (TPSA) is 52.9 Å². The van der Waals surface area contributed by atoms with Gasteiger partial charge in [-0.05, 0) is 28.8 Å². The predicted molar refractivity (Wildman–Crippen MR) is 116 cm³/mol. The summed E-state index contributed by atoms with van der Waals surface area (Å²) in [5, 5.41) is 16.4. The van der Waals surface area contributed by atoms with Crippen molar-refractivity contribution in [3.05, 3.63) is 80.2 Å². The zero-order chi connectivity index (χ0) is 19.7. The molecule has 142 valence electrons. The Kier molecular flexibility index (Phi) is 5.18. The fourth-order valence-electron chi connectivity index (χ4n) is 3.96. The van der Waals surface area contributed by atoms with Crippen LogP contribution < -0.4 is 5.32 Å². The number of hydrogen-bond donors (Lipinski definition) is 1. The van der Waals surface area contributed by atoms with E-state index in [1.54, 1.807) is 23.1 Å². The number of thiophene rings is 1. The number of nitrogens with zero attached hydrogens (tertiary/aromatic N) is 1. The van der Waals surface area contributed by atoms with Crippen molar-refractivity contribution >= 4 is 28.9 Å². The van der Waals surface area contributed by atoms with Gasteiger partial charge in [-0.15, -0.1) is 23.1 Å². The Bertz CT molecular complexity index is 995. The minimum absolute atomic E-state index is 0.0672. The lowest BCUT2D eigenvalue weighted by atomic mass is 9.70. The molecule has 2 aromatic rings. The summed E-state index contributed by atoms with van der Waals surface area (Å²) in [7, 11) is 0. The maximum Gasteiger partial charge on any atom is 0.162 e. The van der Waals surface area contributed by atoms with Crippen molar-refractivity contribution in [2.45, 2.75) is 38.4 Å². The van der Waals surface area contributed by atoms with Crippen LogP contribution in [0.2, 0.25) is 0 Å². The average Bonchev–Trinajstić information content (AvgIpc) is 3.19. The number of nitrogens with one attached hydrogen (secondary N) is 1. The van der Waals surface area contributed by atoms with E-state index in [0.29, 0.717) is 12.0 Å². The second-order valence-corrected chi connectivity index (χ2v) is 10.0. The Morgan fingerprint density at radius 2 is 2.00 bits per heavy atom. The van der Waals surface area contributed by atoms with Gasteiger partial charge in [0.1, 0.15) is 0 Å². The number of carbonyl (C=O) groups is 1. The number of thioether (sulfide) groups is 1. The molecule has 2 aliphatic rings. The molecule has 0 amide bonds. The highest BCUT2D eigenvalue weighted by atomic mass is 32.2. The molecule has 2 heterocycles. The number of allylic oxidation sites excluding steroid dienone is 3. The number of carbonyl (C=O) groups excluding carboxylic acids is 1. The Hall–Kier alpha value is -2.29. The number of dihydropyridines is 1. The lowest BCUT2D eigenvalue weighted by molar-refractivity contribution is -0.118. The zero-order valence-electron chi connectivity index (χ0n) is 16.0. The molecule has 0 spiro atoms. The van der Waals surface area contributed by atoms with Crippen LogP contribution in [0.15, 0.2) is 69.7 Å². The highest BCUT2D eigenvalue weighted by Gasteiger charge is 2.42. The van der Waals surface area contributed by atoms with Crippen molar-refractivity contribution in [2.75, 3.05) is 0 Å². The van der Waals surface area contributed by atoms with Crippen LogP contribution in [0.1, 0.15) is 43.0 Å². The molecule has 1 aromatic heterocycles. The molecular weight excluding hydrogens is 384 g/mol. The second kappa shape index (κ2) is 7.62. The molecule has 1 atom stereocenters. The molecule has 1 unspecified atom stereocenters. The molecule has 0 radical (unpaired) electrons. The molecule has 4 rings (SSSR count). The maximum atomic E-state index is 13.1. The first-order valence-corrected chi connectivity index (χ1v) is 11.2. The summed E-state index contributed by atoms with van der Waals surface area (Å²) in [6, 6.07) is 16.7. The van der Waals surface area contributed by atoms with Gasteiger partial charge in [0.25, 0.3) is 0 Å². The van der Waals surface area contributed by atoms with Gasteiger partial charge in [-0.1, -0.05) is 50.2 Å². The summed E-state index contributed by atoms with van der Waals surface area (Å²) in [5.74, 6) is 0.700. The van der Waals surface area contributed by atoms with Crippen LogP contribution in [0.5, 0.6) is 0 Å². The Morgan fingerprint density at radius 3 is 2.68 bits per heavy atom. The first-order chi connectivity index (χ1) is 13.5. The van der Waals surface area contributed by atoms with Crippen molar-refractivity contribution in [3.8, 4) is 6.07 Å². The summed E-state index contributed by atoms with van der Waals surface area (Å²) in [6.45, 7) is 4.27. The molecule has 5 heteroatoms. The van der Waals surface area contributed by atoms with E-state index in [0.717, 1.165) is 33.4 Å². The van der Waals surface area contributed by atoms with E-state index in [1.165, 1.54) is 5.56 Å². The van der Waals surface area contributed by atoms with Crippen LogP contribution in [0, 0.1) is 16.7 Å². The van der Waals surface area contributed by atoms with Crippen LogP contribution in [-0.2, 0) is 10.5 Å². The lowest BCUT2D eigenvalue weighted by Gasteiger charge is -2.38. The monoisotopic (exact) mass is 406 g/mol.